The van der Waals surface area contributed by atoms with Gasteiger partial charge in [-0.05, 0) is 23.5 Å². The zero-order valence-electron chi connectivity index (χ0n) is 13.5. The molecule has 2 heterocycles. The van der Waals surface area contributed by atoms with E-state index in [0.29, 0.717) is 0 Å². The van der Waals surface area contributed by atoms with Gasteiger partial charge in [0, 0.05) is 51.9 Å². The molecule has 0 aromatic heterocycles. The third kappa shape index (κ3) is 4.06. The van der Waals surface area contributed by atoms with E-state index in [1.54, 1.807) is 0 Å². The van der Waals surface area contributed by atoms with Crippen molar-refractivity contribution in [2.24, 2.45) is 5.92 Å². The van der Waals surface area contributed by atoms with Gasteiger partial charge in [-0.3, -0.25) is 9.80 Å². The molecule has 3 heteroatoms. The molecule has 0 atom stereocenters. The molecule has 3 nitrogen and oxygen atoms in total. The van der Waals surface area contributed by atoms with E-state index in [1.807, 2.05) is 0 Å². The van der Waals surface area contributed by atoms with Crippen LogP contribution in [0.5, 0.6) is 0 Å². The molecule has 116 valence electrons. The molecule has 1 aromatic carbocycles. The third-order valence-electron chi connectivity index (χ3n) is 4.68. The molecule has 0 spiro atoms. The van der Waals surface area contributed by atoms with Gasteiger partial charge in [-0.2, -0.15) is 0 Å². The Morgan fingerprint density at radius 1 is 1.05 bits per heavy atom. The minimum absolute atomic E-state index is 0.742. The predicted octanol–water partition coefficient (Wildman–Crippen LogP) is 1.97. The maximum absolute atomic E-state index is 3.43. The van der Waals surface area contributed by atoms with Crippen molar-refractivity contribution < 1.29 is 0 Å². The van der Waals surface area contributed by atoms with Crippen LogP contribution in [0.15, 0.2) is 24.3 Å². The Balaban J connectivity index is 1.43. The topological polar surface area (TPSA) is 18.5 Å². The van der Waals surface area contributed by atoms with Crippen molar-refractivity contribution in [1.29, 1.82) is 0 Å². The lowest BCUT2D eigenvalue weighted by Crippen LogP contribution is -2.62. The number of rotatable bonds is 5. The molecule has 0 saturated carbocycles. The van der Waals surface area contributed by atoms with Crippen LogP contribution < -0.4 is 5.32 Å². The highest BCUT2D eigenvalue weighted by molar-refractivity contribution is 5.23. The first kappa shape index (κ1) is 15.0. The highest BCUT2D eigenvalue weighted by Gasteiger charge is 2.31. The van der Waals surface area contributed by atoms with Crippen LogP contribution in [0.2, 0.25) is 0 Å². The zero-order chi connectivity index (χ0) is 14.7. The summed E-state index contributed by atoms with van der Waals surface area (Å²) in [6.07, 6.45) is 1.19. The number of likely N-dealkylation sites (tertiary alicyclic amines) is 1. The van der Waals surface area contributed by atoms with E-state index in [2.05, 4.69) is 53.2 Å². The number of hydrogen-bond donors (Lipinski definition) is 1. The van der Waals surface area contributed by atoms with Crippen LogP contribution in [0, 0.1) is 5.92 Å². The number of piperazine rings is 1. The van der Waals surface area contributed by atoms with Gasteiger partial charge in [-0.1, -0.05) is 38.1 Å². The number of nitrogens with zero attached hydrogens (tertiary/aromatic N) is 2. The van der Waals surface area contributed by atoms with Crippen molar-refractivity contribution in [3.63, 3.8) is 0 Å². The van der Waals surface area contributed by atoms with Crippen LogP contribution in [0.25, 0.3) is 0 Å². The molecule has 2 fully saturated rings. The van der Waals surface area contributed by atoms with Gasteiger partial charge in [0.05, 0.1) is 0 Å². The van der Waals surface area contributed by atoms with Crippen molar-refractivity contribution in [1.82, 2.24) is 15.1 Å². The molecular formula is C18H29N3. The van der Waals surface area contributed by atoms with Crippen LogP contribution in [0.1, 0.15) is 25.0 Å². The average molecular weight is 287 g/mol. The summed E-state index contributed by atoms with van der Waals surface area (Å²) >= 11 is 0. The van der Waals surface area contributed by atoms with Gasteiger partial charge < -0.3 is 5.32 Å². The summed E-state index contributed by atoms with van der Waals surface area (Å²) in [6.45, 7) is 12.9. The van der Waals surface area contributed by atoms with Gasteiger partial charge in [-0.25, -0.2) is 0 Å². The molecule has 21 heavy (non-hydrogen) atoms. The second-order valence-corrected chi connectivity index (χ2v) is 7.05. The number of hydrogen-bond acceptors (Lipinski definition) is 3. The summed E-state index contributed by atoms with van der Waals surface area (Å²) in [5.74, 6) is 0.742. The van der Waals surface area contributed by atoms with Gasteiger partial charge in [0.1, 0.15) is 0 Å². The van der Waals surface area contributed by atoms with Crippen molar-refractivity contribution in [2.75, 3.05) is 39.3 Å². The highest BCUT2D eigenvalue weighted by Crippen LogP contribution is 2.19. The summed E-state index contributed by atoms with van der Waals surface area (Å²) < 4.78 is 0. The summed E-state index contributed by atoms with van der Waals surface area (Å²) in [4.78, 5) is 5.23. The third-order valence-corrected chi connectivity index (χ3v) is 4.68. The Morgan fingerprint density at radius 3 is 2.29 bits per heavy atom. The highest BCUT2D eigenvalue weighted by atomic mass is 15.3. The Morgan fingerprint density at radius 2 is 1.67 bits per heavy atom. The minimum atomic E-state index is 0.742. The fourth-order valence-corrected chi connectivity index (χ4v) is 3.46. The Labute approximate surface area is 129 Å². The second-order valence-electron chi connectivity index (χ2n) is 7.05. The molecule has 0 amide bonds. The smallest absolute Gasteiger partial charge is 0.0351 e. The van der Waals surface area contributed by atoms with E-state index >= 15 is 0 Å². The standard InChI is InChI=1S/C18H29N3/c1-15(2)11-16-3-5-17(6-4-16)12-20-13-18(14-20)21-9-7-19-8-10-21/h3-6,15,18-19H,7-14H2,1-2H3. The molecule has 2 saturated heterocycles. The largest absolute Gasteiger partial charge is 0.314 e. The van der Waals surface area contributed by atoms with Crippen molar-refractivity contribution >= 4 is 0 Å². The number of benzene rings is 1. The normalized spacial score (nSPS) is 21.7. The first-order valence-electron chi connectivity index (χ1n) is 8.45. The molecule has 0 unspecified atom stereocenters. The Hall–Kier alpha value is -0.900. The molecule has 0 aliphatic carbocycles. The fourth-order valence-electron chi connectivity index (χ4n) is 3.46. The first-order valence-corrected chi connectivity index (χ1v) is 8.45. The van der Waals surface area contributed by atoms with Gasteiger partial charge in [0.15, 0.2) is 0 Å². The van der Waals surface area contributed by atoms with Crippen molar-refractivity contribution in [3.05, 3.63) is 35.4 Å². The van der Waals surface area contributed by atoms with Crippen molar-refractivity contribution in [2.45, 2.75) is 32.9 Å². The molecule has 1 aromatic rings. The molecule has 2 aliphatic heterocycles. The average Bonchev–Trinajstić information content (AvgIpc) is 2.44. The predicted molar refractivity (Wildman–Crippen MR) is 88.5 cm³/mol. The Kier molecular flexibility index (Phi) is 4.94. The quantitative estimate of drug-likeness (QED) is 0.893. The fraction of sp³-hybridized carbons (Fsp3) is 0.667. The maximum Gasteiger partial charge on any atom is 0.0351 e. The van der Waals surface area contributed by atoms with Gasteiger partial charge in [0.25, 0.3) is 0 Å². The molecule has 3 rings (SSSR count). The lowest BCUT2D eigenvalue weighted by molar-refractivity contribution is 0.0223. The van der Waals surface area contributed by atoms with E-state index in [9.17, 15) is 0 Å². The second kappa shape index (κ2) is 6.91. The van der Waals surface area contributed by atoms with Crippen LogP contribution >= 0.6 is 0 Å². The van der Waals surface area contributed by atoms with Crippen LogP contribution in [0.4, 0.5) is 0 Å². The summed E-state index contributed by atoms with van der Waals surface area (Å²) in [5.41, 5.74) is 2.93. The summed E-state index contributed by atoms with van der Waals surface area (Å²) in [5, 5.41) is 3.43. The molecule has 0 radical (unpaired) electrons. The van der Waals surface area contributed by atoms with E-state index in [4.69, 9.17) is 0 Å². The molecule has 1 N–H and O–H groups in total. The van der Waals surface area contributed by atoms with Crippen molar-refractivity contribution in [3.8, 4) is 0 Å². The minimum Gasteiger partial charge on any atom is -0.314 e. The van der Waals surface area contributed by atoms with Crippen LogP contribution in [0.3, 0.4) is 0 Å². The zero-order valence-corrected chi connectivity index (χ0v) is 13.5. The number of nitrogens with one attached hydrogen (secondary N) is 1. The summed E-state index contributed by atoms with van der Waals surface area (Å²) in [6, 6.07) is 10.0. The van der Waals surface area contributed by atoms with E-state index in [-0.39, 0.29) is 0 Å². The SMILES string of the molecule is CC(C)Cc1ccc(CN2CC(N3CCNCC3)C2)cc1. The van der Waals surface area contributed by atoms with Gasteiger partial charge in [-0.15, -0.1) is 0 Å². The Bertz CT molecular complexity index is 428. The lowest BCUT2D eigenvalue weighted by Gasteiger charge is -2.46. The molecule has 0 bridgehead atoms. The van der Waals surface area contributed by atoms with Crippen LogP contribution in [-0.2, 0) is 13.0 Å². The molecule has 2 aliphatic rings. The monoisotopic (exact) mass is 287 g/mol. The lowest BCUT2D eigenvalue weighted by atomic mass is 10.0. The van der Waals surface area contributed by atoms with Gasteiger partial charge >= 0.3 is 0 Å². The molecular weight excluding hydrogens is 258 g/mol. The van der Waals surface area contributed by atoms with E-state index < -0.39 is 0 Å². The summed E-state index contributed by atoms with van der Waals surface area (Å²) in [7, 11) is 0. The van der Waals surface area contributed by atoms with E-state index in [0.717, 1.165) is 31.6 Å². The van der Waals surface area contributed by atoms with Crippen LogP contribution in [-0.4, -0.2) is 55.1 Å². The van der Waals surface area contributed by atoms with Gasteiger partial charge in [0.2, 0.25) is 0 Å². The first-order chi connectivity index (χ1) is 10.2. The maximum atomic E-state index is 3.43. The van der Waals surface area contributed by atoms with E-state index in [1.165, 1.54) is 43.7 Å².